The van der Waals surface area contributed by atoms with Gasteiger partial charge in [-0.2, -0.15) is 0 Å². The molecule has 0 amide bonds. The predicted octanol–water partition coefficient (Wildman–Crippen LogP) is 2.42. The van der Waals surface area contributed by atoms with Crippen molar-refractivity contribution in [2.45, 2.75) is 38.5 Å². The molecule has 74 valence electrons. The lowest BCUT2D eigenvalue weighted by atomic mass is 9.49. The van der Waals surface area contributed by atoms with Crippen molar-refractivity contribution in [3.8, 4) is 0 Å². The van der Waals surface area contributed by atoms with Crippen molar-refractivity contribution in [2.24, 2.45) is 23.2 Å². The number of rotatable bonds is 2. The molecule has 0 aromatic rings. The summed E-state index contributed by atoms with van der Waals surface area (Å²) in [6, 6.07) is 0. The highest BCUT2D eigenvalue weighted by molar-refractivity contribution is 5.01. The minimum atomic E-state index is 0.740. The molecule has 0 unspecified atom stereocenters. The van der Waals surface area contributed by atoms with Gasteiger partial charge >= 0.3 is 0 Å². The van der Waals surface area contributed by atoms with Crippen LogP contribution in [0.25, 0.3) is 0 Å². The third-order valence-electron chi connectivity index (χ3n) is 4.72. The Morgan fingerprint density at radius 3 is 1.85 bits per heavy atom. The molecule has 0 saturated heterocycles. The second kappa shape index (κ2) is 2.73. The molecule has 0 aliphatic heterocycles. The lowest BCUT2D eigenvalue weighted by Crippen LogP contribution is -2.49. The van der Waals surface area contributed by atoms with Gasteiger partial charge in [-0.25, -0.2) is 0 Å². The summed E-state index contributed by atoms with van der Waals surface area (Å²) in [5.74, 6) is 3.33. The average molecular weight is 179 g/mol. The van der Waals surface area contributed by atoms with Gasteiger partial charge in [0.1, 0.15) is 0 Å². The van der Waals surface area contributed by atoms with E-state index in [0.717, 1.165) is 23.2 Å². The summed E-state index contributed by atoms with van der Waals surface area (Å²) < 4.78 is 0. The Balaban J connectivity index is 1.83. The van der Waals surface area contributed by atoms with Gasteiger partial charge < -0.3 is 5.32 Å². The second-order valence-corrected chi connectivity index (χ2v) is 5.95. The maximum absolute atomic E-state index is 3.42. The molecular weight excluding hydrogens is 158 g/mol. The van der Waals surface area contributed by atoms with Gasteiger partial charge in [0.2, 0.25) is 0 Å². The first-order valence-corrected chi connectivity index (χ1v) is 5.94. The third kappa shape index (κ3) is 1.24. The molecule has 0 atom stereocenters. The standard InChI is InChI=1S/C12H21N/c1-13-8-12-5-9-2-10(6-12)4-11(3-9)7-12/h9-11,13H,2-8H2,1H3. The molecule has 0 aromatic heterocycles. The summed E-state index contributed by atoms with van der Waals surface area (Å²) in [7, 11) is 2.12. The van der Waals surface area contributed by atoms with Crippen LogP contribution in [0.3, 0.4) is 0 Å². The van der Waals surface area contributed by atoms with E-state index in [1.54, 1.807) is 38.5 Å². The van der Waals surface area contributed by atoms with Crippen molar-refractivity contribution in [2.75, 3.05) is 13.6 Å². The first kappa shape index (κ1) is 8.28. The van der Waals surface area contributed by atoms with E-state index in [0.29, 0.717) is 0 Å². The topological polar surface area (TPSA) is 12.0 Å². The number of nitrogens with one attached hydrogen (secondary N) is 1. The molecule has 0 spiro atoms. The van der Waals surface area contributed by atoms with Gasteiger partial charge in [-0.05, 0) is 68.7 Å². The maximum Gasteiger partial charge on any atom is 0.000511 e. The summed E-state index contributed by atoms with van der Waals surface area (Å²) in [4.78, 5) is 0. The predicted molar refractivity (Wildman–Crippen MR) is 54.5 cm³/mol. The highest BCUT2D eigenvalue weighted by Crippen LogP contribution is 2.59. The van der Waals surface area contributed by atoms with Crippen LogP contribution in [0.2, 0.25) is 0 Å². The zero-order chi connectivity index (χ0) is 8.89. The van der Waals surface area contributed by atoms with E-state index in [1.165, 1.54) is 6.54 Å². The van der Waals surface area contributed by atoms with Crippen LogP contribution in [0.1, 0.15) is 38.5 Å². The Labute approximate surface area is 81.3 Å². The van der Waals surface area contributed by atoms with E-state index >= 15 is 0 Å². The number of hydrogen-bond donors (Lipinski definition) is 1. The smallest absolute Gasteiger partial charge is 0.000511 e. The Hall–Kier alpha value is -0.0400. The monoisotopic (exact) mass is 179 g/mol. The summed E-state index contributed by atoms with van der Waals surface area (Å²) in [6.45, 7) is 1.29. The minimum absolute atomic E-state index is 0.740. The molecule has 4 aliphatic rings. The van der Waals surface area contributed by atoms with E-state index < -0.39 is 0 Å². The first-order chi connectivity index (χ1) is 6.30. The van der Waals surface area contributed by atoms with Crippen molar-refractivity contribution in [1.82, 2.24) is 5.32 Å². The van der Waals surface area contributed by atoms with Crippen LogP contribution >= 0.6 is 0 Å². The zero-order valence-electron chi connectivity index (χ0n) is 8.68. The molecule has 0 heterocycles. The lowest BCUT2D eigenvalue weighted by Gasteiger charge is -2.57. The third-order valence-corrected chi connectivity index (χ3v) is 4.72. The van der Waals surface area contributed by atoms with Crippen molar-refractivity contribution >= 4 is 0 Å². The molecule has 4 bridgehead atoms. The van der Waals surface area contributed by atoms with Gasteiger partial charge in [-0.1, -0.05) is 0 Å². The lowest BCUT2D eigenvalue weighted by molar-refractivity contribution is -0.0503. The summed E-state index contributed by atoms with van der Waals surface area (Å²) >= 11 is 0. The van der Waals surface area contributed by atoms with E-state index in [9.17, 15) is 0 Å². The quantitative estimate of drug-likeness (QED) is 0.686. The highest BCUT2D eigenvalue weighted by Gasteiger charge is 2.50. The molecule has 13 heavy (non-hydrogen) atoms. The molecule has 1 N–H and O–H groups in total. The molecule has 0 aromatic carbocycles. The second-order valence-electron chi connectivity index (χ2n) is 5.95. The molecule has 1 nitrogen and oxygen atoms in total. The number of hydrogen-bond acceptors (Lipinski definition) is 1. The normalized spacial score (nSPS) is 52.8. The minimum Gasteiger partial charge on any atom is -0.319 e. The van der Waals surface area contributed by atoms with Crippen molar-refractivity contribution in [3.05, 3.63) is 0 Å². The largest absolute Gasteiger partial charge is 0.319 e. The van der Waals surface area contributed by atoms with Crippen LogP contribution in [-0.2, 0) is 0 Å². The van der Waals surface area contributed by atoms with Crippen LogP contribution in [-0.4, -0.2) is 13.6 Å². The van der Waals surface area contributed by atoms with E-state index in [-0.39, 0.29) is 0 Å². The van der Waals surface area contributed by atoms with Crippen LogP contribution < -0.4 is 5.32 Å². The average Bonchev–Trinajstić information content (AvgIpc) is 2.00. The summed E-state index contributed by atoms with van der Waals surface area (Å²) in [6.07, 6.45) is 9.34. The highest BCUT2D eigenvalue weighted by atomic mass is 14.8. The Bertz CT molecular complexity index is 174. The SMILES string of the molecule is CNCC12CC3CC(CC(C3)C1)C2. The Kier molecular flexibility index (Phi) is 1.74. The Morgan fingerprint density at radius 2 is 1.46 bits per heavy atom. The molecule has 4 saturated carbocycles. The maximum atomic E-state index is 3.42. The summed E-state index contributed by atoms with van der Waals surface area (Å²) in [5.41, 5.74) is 0.740. The molecule has 1 heteroatoms. The van der Waals surface area contributed by atoms with Crippen molar-refractivity contribution < 1.29 is 0 Å². The summed E-state index contributed by atoms with van der Waals surface area (Å²) in [5, 5.41) is 3.42. The van der Waals surface area contributed by atoms with Crippen molar-refractivity contribution in [3.63, 3.8) is 0 Å². The fourth-order valence-electron chi connectivity index (χ4n) is 4.88. The zero-order valence-corrected chi connectivity index (χ0v) is 8.68. The molecule has 0 radical (unpaired) electrons. The fraction of sp³-hybridized carbons (Fsp3) is 1.00. The molecule has 4 rings (SSSR count). The van der Waals surface area contributed by atoms with E-state index in [2.05, 4.69) is 12.4 Å². The van der Waals surface area contributed by atoms with Crippen molar-refractivity contribution in [1.29, 1.82) is 0 Å². The molecule has 4 aliphatic carbocycles. The Morgan fingerprint density at radius 1 is 1.00 bits per heavy atom. The van der Waals surface area contributed by atoms with Gasteiger partial charge in [-0.15, -0.1) is 0 Å². The van der Waals surface area contributed by atoms with Crippen LogP contribution in [0.15, 0.2) is 0 Å². The van der Waals surface area contributed by atoms with Crippen LogP contribution in [0, 0.1) is 23.2 Å². The molecular formula is C12H21N. The van der Waals surface area contributed by atoms with Gasteiger partial charge in [0.05, 0.1) is 0 Å². The van der Waals surface area contributed by atoms with Gasteiger partial charge in [0, 0.05) is 6.54 Å². The molecule has 4 fully saturated rings. The van der Waals surface area contributed by atoms with Gasteiger partial charge in [0.25, 0.3) is 0 Å². The van der Waals surface area contributed by atoms with Crippen LogP contribution in [0.4, 0.5) is 0 Å². The van der Waals surface area contributed by atoms with Gasteiger partial charge in [-0.3, -0.25) is 0 Å². The van der Waals surface area contributed by atoms with Gasteiger partial charge in [0.15, 0.2) is 0 Å². The van der Waals surface area contributed by atoms with Crippen LogP contribution in [0.5, 0.6) is 0 Å². The first-order valence-electron chi connectivity index (χ1n) is 5.94. The van der Waals surface area contributed by atoms with E-state index in [4.69, 9.17) is 0 Å². The van der Waals surface area contributed by atoms with E-state index in [1.807, 2.05) is 0 Å². The fourth-order valence-corrected chi connectivity index (χ4v) is 4.88.